The molecule has 5 heterocycles. The van der Waals surface area contributed by atoms with Crippen molar-refractivity contribution in [2.24, 2.45) is 0 Å². The number of unbranched alkanes of at least 4 members (excludes halogenated alkanes) is 4. The van der Waals surface area contributed by atoms with Crippen LogP contribution in [0.3, 0.4) is 0 Å². The number of benzene rings is 3. The van der Waals surface area contributed by atoms with Crippen LogP contribution in [0.2, 0.25) is 0 Å². The maximum Gasteiger partial charge on any atom is 0.255 e. The number of carbonyl (C=O) groups excluding carboxylic acids is 3. The molecule has 0 bridgehead atoms. The Morgan fingerprint density at radius 2 is 1.75 bits per heavy atom. The second-order valence-electron chi connectivity index (χ2n) is 17.1. The number of likely N-dealkylation sites (tertiary alicyclic amines) is 1. The molecular weight excluding hydrogens is 818 g/mol. The van der Waals surface area contributed by atoms with Crippen LogP contribution < -0.4 is 25.4 Å². The predicted molar refractivity (Wildman–Crippen MR) is 245 cm³/mol. The smallest absolute Gasteiger partial charge is 0.255 e. The number of hydrogen-bond donors (Lipinski definition) is 3. The molecule has 3 N–H and O–H groups in total. The van der Waals surface area contributed by atoms with Gasteiger partial charge in [-0.3, -0.25) is 19.7 Å². The number of carbonyl (C=O) groups is 3. The van der Waals surface area contributed by atoms with E-state index in [9.17, 15) is 18.8 Å². The largest absolute Gasteiger partial charge is 0.493 e. The lowest BCUT2D eigenvalue weighted by Crippen LogP contribution is -2.52. The van der Waals surface area contributed by atoms with Crippen molar-refractivity contribution in [1.29, 1.82) is 0 Å². The standard InChI is InChI=1S/C49H58FN7O5S/c1-30(45-22-34(29-63-45)36-13-9-8-12-33(36)27-51-3)52-47-39-25-43(61-4)44(26-41(39)53-31(2)54-47)62-21-11-7-5-6-10-18-56-19-16-32(17-20-56)37-23-35(50)24-38-40(37)28-57(49(38)60)42-14-15-46(58)55-48(42)59/h8-9,12-13,22-26,29-30,32,42,51H,5-7,10-11,14-21,27-28H2,1-4H3,(H,52,53,54)(H,55,58,59)/t30-,42?/m1/s1. The molecule has 2 fully saturated rings. The molecule has 5 aromatic rings. The number of piperidine rings is 2. The molecule has 63 heavy (non-hydrogen) atoms. The average Bonchev–Trinajstić information content (AvgIpc) is 3.90. The molecule has 3 aliphatic heterocycles. The summed E-state index contributed by atoms with van der Waals surface area (Å²) in [7, 11) is 3.63. The van der Waals surface area contributed by atoms with Gasteiger partial charge in [-0.25, -0.2) is 14.4 Å². The molecule has 0 aliphatic carbocycles. The van der Waals surface area contributed by atoms with Gasteiger partial charge < -0.3 is 29.9 Å². The number of hydrogen-bond acceptors (Lipinski definition) is 11. The number of anilines is 1. The highest BCUT2D eigenvalue weighted by molar-refractivity contribution is 7.10. The van der Waals surface area contributed by atoms with E-state index >= 15 is 0 Å². The van der Waals surface area contributed by atoms with Gasteiger partial charge in [0.25, 0.3) is 5.91 Å². The minimum atomic E-state index is -0.710. The highest BCUT2D eigenvalue weighted by Gasteiger charge is 2.41. The van der Waals surface area contributed by atoms with Gasteiger partial charge >= 0.3 is 0 Å². The van der Waals surface area contributed by atoms with Crippen LogP contribution in [0.1, 0.15) is 114 Å². The molecule has 0 saturated carbocycles. The molecule has 3 aliphatic rings. The van der Waals surface area contributed by atoms with Crippen molar-refractivity contribution >= 4 is 45.8 Å². The first-order valence-electron chi connectivity index (χ1n) is 22.4. The molecule has 12 nitrogen and oxygen atoms in total. The number of nitrogens with one attached hydrogen (secondary N) is 3. The van der Waals surface area contributed by atoms with E-state index in [1.807, 2.05) is 26.1 Å². The zero-order valence-electron chi connectivity index (χ0n) is 36.7. The number of fused-ring (bicyclic) bond motifs is 2. The van der Waals surface area contributed by atoms with Crippen molar-refractivity contribution < 1.29 is 28.2 Å². The molecule has 1 unspecified atom stereocenters. The minimum absolute atomic E-state index is 0.0248. The Morgan fingerprint density at radius 1 is 0.952 bits per heavy atom. The molecule has 14 heteroatoms. The quantitative estimate of drug-likeness (QED) is 0.0580. The normalized spacial score (nSPS) is 17.6. The van der Waals surface area contributed by atoms with Gasteiger partial charge in [0.15, 0.2) is 11.5 Å². The van der Waals surface area contributed by atoms with Crippen LogP contribution in [-0.2, 0) is 22.7 Å². The zero-order chi connectivity index (χ0) is 44.0. The first-order valence-corrected chi connectivity index (χ1v) is 23.2. The Hall–Kier alpha value is -5.44. The van der Waals surface area contributed by atoms with Crippen LogP contribution >= 0.6 is 11.3 Å². The Morgan fingerprint density at radius 3 is 2.54 bits per heavy atom. The van der Waals surface area contributed by atoms with Gasteiger partial charge in [0.1, 0.15) is 23.5 Å². The fraction of sp³-hybridized carbons (Fsp3) is 0.449. The first kappa shape index (κ1) is 44.2. The van der Waals surface area contributed by atoms with E-state index in [1.165, 1.54) is 32.5 Å². The fourth-order valence-corrected chi connectivity index (χ4v) is 10.3. The highest BCUT2D eigenvalue weighted by Crippen LogP contribution is 2.39. The number of amides is 3. The summed E-state index contributed by atoms with van der Waals surface area (Å²) in [6.07, 6.45) is 7.63. The topological polar surface area (TPSA) is 138 Å². The summed E-state index contributed by atoms with van der Waals surface area (Å²) in [6.45, 7) is 8.61. The van der Waals surface area contributed by atoms with Crippen molar-refractivity contribution in [2.45, 2.75) is 103 Å². The van der Waals surface area contributed by atoms with Gasteiger partial charge in [0.05, 0.1) is 25.3 Å². The van der Waals surface area contributed by atoms with Crippen LogP contribution in [-0.4, -0.2) is 83.9 Å². The molecule has 2 saturated heterocycles. The Labute approximate surface area is 373 Å². The zero-order valence-corrected chi connectivity index (χ0v) is 37.5. The number of rotatable bonds is 18. The summed E-state index contributed by atoms with van der Waals surface area (Å²) in [5.41, 5.74) is 6.60. The van der Waals surface area contributed by atoms with E-state index in [4.69, 9.17) is 19.4 Å². The van der Waals surface area contributed by atoms with Crippen LogP contribution in [0.15, 0.2) is 60.0 Å². The number of aryl methyl sites for hydroxylation is 1. The highest BCUT2D eigenvalue weighted by atomic mass is 32.1. The minimum Gasteiger partial charge on any atom is -0.493 e. The number of methoxy groups -OCH3 is 1. The summed E-state index contributed by atoms with van der Waals surface area (Å²) >= 11 is 1.74. The van der Waals surface area contributed by atoms with E-state index in [2.05, 4.69) is 63.5 Å². The lowest BCUT2D eigenvalue weighted by Gasteiger charge is -2.33. The molecule has 0 radical (unpaired) electrons. The van der Waals surface area contributed by atoms with E-state index in [0.717, 1.165) is 99.0 Å². The SMILES string of the molecule is CNCc1ccccc1-c1csc([C@@H](C)Nc2nc(C)nc3cc(OCCCCCCCN4CCC(c5cc(F)cc6c5CN(C5CCC(=O)NC5=O)C6=O)CC4)c(OC)cc23)c1. The third-order valence-electron chi connectivity index (χ3n) is 12.7. The monoisotopic (exact) mass is 875 g/mol. The van der Waals surface area contributed by atoms with E-state index in [-0.39, 0.29) is 43.2 Å². The van der Waals surface area contributed by atoms with Gasteiger partial charge in [-0.05, 0) is 136 Å². The average molecular weight is 876 g/mol. The van der Waals surface area contributed by atoms with E-state index < -0.39 is 17.8 Å². The molecule has 2 aromatic heterocycles. The lowest BCUT2D eigenvalue weighted by molar-refractivity contribution is -0.136. The fourth-order valence-electron chi connectivity index (χ4n) is 9.41. The van der Waals surface area contributed by atoms with Crippen LogP contribution in [0, 0.1) is 12.7 Å². The third-order valence-corrected chi connectivity index (χ3v) is 13.9. The molecule has 332 valence electrons. The molecule has 8 rings (SSSR count). The van der Waals surface area contributed by atoms with Crippen LogP contribution in [0.5, 0.6) is 11.5 Å². The van der Waals surface area contributed by atoms with Gasteiger partial charge in [0.2, 0.25) is 11.8 Å². The Balaban J connectivity index is 0.778. The summed E-state index contributed by atoms with van der Waals surface area (Å²) in [5, 5.41) is 12.4. The summed E-state index contributed by atoms with van der Waals surface area (Å²) in [4.78, 5) is 52.3. The molecule has 3 amide bonds. The number of thiophene rings is 1. The van der Waals surface area contributed by atoms with Crippen LogP contribution in [0.25, 0.3) is 22.0 Å². The molecular formula is C49H58FN7O5S. The number of nitrogens with zero attached hydrogens (tertiary/aromatic N) is 4. The lowest BCUT2D eigenvalue weighted by atomic mass is 9.85. The van der Waals surface area contributed by atoms with Crippen molar-refractivity contribution in [2.75, 3.05) is 45.7 Å². The molecule has 2 atom stereocenters. The van der Waals surface area contributed by atoms with Gasteiger partial charge in [-0.2, -0.15) is 0 Å². The summed E-state index contributed by atoms with van der Waals surface area (Å²) in [5.74, 6) is 1.39. The van der Waals surface area contributed by atoms with Gasteiger partial charge in [-0.15, -0.1) is 11.3 Å². The van der Waals surface area contributed by atoms with Crippen molar-refractivity contribution in [1.82, 2.24) is 30.4 Å². The second kappa shape index (κ2) is 19.9. The summed E-state index contributed by atoms with van der Waals surface area (Å²) in [6, 6.07) is 16.9. The number of ether oxygens (including phenoxy) is 2. The van der Waals surface area contributed by atoms with Crippen molar-refractivity contribution in [3.05, 3.63) is 98.7 Å². The Bertz CT molecular complexity index is 2470. The van der Waals surface area contributed by atoms with Crippen molar-refractivity contribution in [3.8, 4) is 22.6 Å². The molecule has 3 aromatic carbocycles. The maximum atomic E-state index is 14.9. The third kappa shape index (κ3) is 10.0. The van der Waals surface area contributed by atoms with Gasteiger partial charge in [0, 0.05) is 41.4 Å². The Kier molecular flexibility index (Phi) is 14.0. The predicted octanol–water partition coefficient (Wildman–Crippen LogP) is 8.68. The number of aromatic nitrogens is 2. The first-order chi connectivity index (χ1) is 30.6. The number of halogens is 1. The maximum absolute atomic E-state index is 14.9. The molecule has 0 spiro atoms. The second-order valence-corrected chi connectivity index (χ2v) is 18.0. The van der Waals surface area contributed by atoms with E-state index in [0.29, 0.717) is 29.5 Å². The summed E-state index contributed by atoms with van der Waals surface area (Å²) < 4.78 is 26.9. The van der Waals surface area contributed by atoms with Gasteiger partial charge in [-0.1, -0.05) is 43.5 Å². The van der Waals surface area contributed by atoms with Crippen LogP contribution in [0.4, 0.5) is 10.2 Å². The van der Waals surface area contributed by atoms with E-state index in [1.54, 1.807) is 24.5 Å². The van der Waals surface area contributed by atoms with Crippen molar-refractivity contribution in [3.63, 3.8) is 0 Å². The number of imide groups is 1.